The van der Waals surface area contributed by atoms with Gasteiger partial charge in [-0.1, -0.05) is 12.1 Å². The first kappa shape index (κ1) is 16.2. The fourth-order valence-electron chi connectivity index (χ4n) is 2.20. The molecule has 5 heteroatoms. The van der Waals surface area contributed by atoms with Gasteiger partial charge < -0.3 is 10.6 Å². The summed E-state index contributed by atoms with van der Waals surface area (Å²) in [5.74, 6) is -0.0513. The van der Waals surface area contributed by atoms with E-state index in [1.807, 2.05) is 18.2 Å². The van der Waals surface area contributed by atoms with Gasteiger partial charge in [0.05, 0.1) is 0 Å². The van der Waals surface area contributed by atoms with E-state index in [2.05, 4.69) is 57.9 Å². The van der Waals surface area contributed by atoms with Gasteiger partial charge in [-0.05, 0) is 53.5 Å². The normalized spacial score (nSPS) is 13.7. The molecule has 2 atom stereocenters. The minimum absolute atomic E-state index is 0.0513. The number of carbonyl (C=O) groups is 1. The fourth-order valence-corrected chi connectivity index (χ4v) is 3.66. The number of hydrogen-bond donors (Lipinski definition) is 2. The van der Waals surface area contributed by atoms with Crippen molar-refractivity contribution in [2.45, 2.75) is 32.9 Å². The molecule has 1 aromatic heterocycles. The van der Waals surface area contributed by atoms with Crippen LogP contribution in [0.5, 0.6) is 0 Å². The second-order valence-electron chi connectivity index (χ2n) is 5.08. The van der Waals surface area contributed by atoms with Gasteiger partial charge >= 0.3 is 0 Å². The topological polar surface area (TPSA) is 41.1 Å². The fraction of sp³-hybridized carbons (Fsp3) is 0.312. The number of halogens is 1. The molecular weight excluding hydrogens is 348 g/mol. The van der Waals surface area contributed by atoms with Crippen LogP contribution in [0.3, 0.4) is 0 Å². The van der Waals surface area contributed by atoms with Crippen molar-refractivity contribution in [3.8, 4) is 0 Å². The minimum Gasteiger partial charge on any atom is -0.326 e. The lowest BCUT2D eigenvalue weighted by Crippen LogP contribution is -2.22. The maximum absolute atomic E-state index is 11.1. The highest BCUT2D eigenvalue weighted by molar-refractivity contribution is 9.10. The zero-order valence-electron chi connectivity index (χ0n) is 12.3. The van der Waals surface area contributed by atoms with Crippen LogP contribution in [0.15, 0.2) is 40.2 Å². The molecule has 0 saturated heterocycles. The number of amides is 1. The summed E-state index contributed by atoms with van der Waals surface area (Å²) in [6, 6.07) is 10.6. The first-order valence-corrected chi connectivity index (χ1v) is 8.50. The quantitative estimate of drug-likeness (QED) is 0.791. The van der Waals surface area contributed by atoms with Crippen LogP contribution in [0.2, 0.25) is 0 Å². The Hall–Kier alpha value is -1.17. The van der Waals surface area contributed by atoms with Gasteiger partial charge in [-0.25, -0.2) is 0 Å². The summed E-state index contributed by atoms with van der Waals surface area (Å²) in [5, 5.41) is 8.49. The average Bonchev–Trinajstić information content (AvgIpc) is 2.85. The molecule has 0 fully saturated rings. The number of hydrogen-bond acceptors (Lipinski definition) is 3. The van der Waals surface area contributed by atoms with Gasteiger partial charge in [-0.3, -0.25) is 4.79 Å². The Labute approximate surface area is 137 Å². The second-order valence-corrected chi connectivity index (χ2v) is 6.94. The summed E-state index contributed by atoms with van der Waals surface area (Å²) in [6.07, 6.45) is 0. The minimum atomic E-state index is -0.0513. The Morgan fingerprint density at radius 1 is 1.24 bits per heavy atom. The molecule has 2 unspecified atom stereocenters. The summed E-state index contributed by atoms with van der Waals surface area (Å²) < 4.78 is 1.12. The highest BCUT2D eigenvalue weighted by Gasteiger charge is 2.13. The molecule has 1 heterocycles. The Kier molecular flexibility index (Phi) is 5.56. The zero-order valence-corrected chi connectivity index (χ0v) is 14.7. The summed E-state index contributed by atoms with van der Waals surface area (Å²) in [5.41, 5.74) is 1.99. The largest absolute Gasteiger partial charge is 0.326 e. The molecule has 21 heavy (non-hydrogen) atoms. The van der Waals surface area contributed by atoms with Gasteiger partial charge in [0.2, 0.25) is 5.91 Å². The predicted molar refractivity (Wildman–Crippen MR) is 92.7 cm³/mol. The Bertz CT molecular complexity index is 626. The third-order valence-corrected chi connectivity index (χ3v) is 5.10. The summed E-state index contributed by atoms with van der Waals surface area (Å²) in [4.78, 5) is 12.4. The highest BCUT2D eigenvalue weighted by atomic mass is 79.9. The van der Waals surface area contributed by atoms with Crippen molar-refractivity contribution in [1.82, 2.24) is 5.32 Å². The van der Waals surface area contributed by atoms with Crippen LogP contribution in [0.25, 0.3) is 0 Å². The van der Waals surface area contributed by atoms with Gasteiger partial charge in [0.25, 0.3) is 0 Å². The molecule has 3 nitrogen and oxygen atoms in total. The smallest absolute Gasteiger partial charge is 0.221 e. The van der Waals surface area contributed by atoms with Crippen LogP contribution in [0, 0.1) is 0 Å². The summed E-state index contributed by atoms with van der Waals surface area (Å²) in [7, 11) is 0. The number of rotatable bonds is 5. The number of benzene rings is 1. The van der Waals surface area contributed by atoms with E-state index in [0.29, 0.717) is 0 Å². The molecular formula is C16H19BrN2OS. The molecule has 1 aromatic carbocycles. The molecule has 0 aliphatic heterocycles. The lowest BCUT2D eigenvalue weighted by atomic mass is 10.1. The van der Waals surface area contributed by atoms with E-state index in [1.165, 1.54) is 11.8 Å². The SMILES string of the molecule is CC(=O)Nc1cccc(C(C)NC(C)c2cc(Br)cs2)c1. The molecule has 0 bridgehead atoms. The van der Waals surface area contributed by atoms with E-state index in [4.69, 9.17) is 0 Å². The molecule has 0 aliphatic rings. The van der Waals surface area contributed by atoms with Crippen LogP contribution in [0.4, 0.5) is 5.69 Å². The van der Waals surface area contributed by atoms with E-state index in [-0.39, 0.29) is 18.0 Å². The van der Waals surface area contributed by atoms with Crippen LogP contribution in [-0.2, 0) is 4.79 Å². The van der Waals surface area contributed by atoms with E-state index < -0.39 is 0 Å². The highest BCUT2D eigenvalue weighted by Crippen LogP contribution is 2.27. The summed E-state index contributed by atoms with van der Waals surface area (Å²) in [6.45, 7) is 5.81. The number of nitrogens with one attached hydrogen (secondary N) is 2. The van der Waals surface area contributed by atoms with E-state index >= 15 is 0 Å². The monoisotopic (exact) mass is 366 g/mol. The number of carbonyl (C=O) groups excluding carboxylic acids is 1. The Balaban J connectivity index is 2.05. The van der Waals surface area contributed by atoms with Crippen molar-refractivity contribution < 1.29 is 4.79 Å². The zero-order chi connectivity index (χ0) is 15.4. The first-order valence-electron chi connectivity index (χ1n) is 6.83. The van der Waals surface area contributed by atoms with Crippen molar-refractivity contribution in [2.24, 2.45) is 0 Å². The van der Waals surface area contributed by atoms with Crippen molar-refractivity contribution >= 4 is 38.9 Å². The van der Waals surface area contributed by atoms with Crippen molar-refractivity contribution in [1.29, 1.82) is 0 Å². The van der Waals surface area contributed by atoms with Gasteiger partial charge in [-0.15, -0.1) is 11.3 Å². The van der Waals surface area contributed by atoms with Crippen molar-refractivity contribution in [3.05, 3.63) is 50.6 Å². The number of anilines is 1. The summed E-state index contributed by atoms with van der Waals surface area (Å²) >= 11 is 5.23. The molecule has 0 aliphatic carbocycles. The Morgan fingerprint density at radius 2 is 2.00 bits per heavy atom. The van der Waals surface area contributed by atoms with Gasteiger partial charge in [0.1, 0.15) is 0 Å². The lowest BCUT2D eigenvalue weighted by molar-refractivity contribution is -0.114. The number of thiophene rings is 1. The molecule has 2 aromatic rings. The van der Waals surface area contributed by atoms with Gasteiger partial charge in [0, 0.05) is 39.4 Å². The molecule has 0 spiro atoms. The predicted octanol–water partition coefficient (Wildman–Crippen LogP) is 4.88. The molecule has 0 radical (unpaired) electrons. The van der Waals surface area contributed by atoms with Crippen LogP contribution in [-0.4, -0.2) is 5.91 Å². The van der Waals surface area contributed by atoms with Crippen molar-refractivity contribution in [2.75, 3.05) is 5.32 Å². The molecule has 1 amide bonds. The van der Waals surface area contributed by atoms with E-state index in [9.17, 15) is 4.79 Å². The van der Waals surface area contributed by atoms with Gasteiger partial charge in [0.15, 0.2) is 0 Å². The second kappa shape index (κ2) is 7.20. The average molecular weight is 367 g/mol. The van der Waals surface area contributed by atoms with Crippen LogP contribution >= 0.6 is 27.3 Å². The Morgan fingerprint density at radius 3 is 2.62 bits per heavy atom. The standard InChI is InChI=1S/C16H19BrN2OS/c1-10(18-11(2)16-8-14(17)9-21-16)13-5-4-6-15(7-13)19-12(3)20/h4-11,18H,1-3H3,(H,19,20). The van der Waals surface area contributed by atoms with Crippen LogP contribution < -0.4 is 10.6 Å². The van der Waals surface area contributed by atoms with Gasteiger partial charge in [-0.2, -0.15) is 0 Å². The molecule has 2 N–H and O–H groups in total. The molecule has 0 saturated carbocycles. The third-order valence-electron chi connectivity index (χ3n) is 3.22. The van der Waals surface area contributed by atoms with E-state index in [1.54, 1.807) is 11.3 Å². The molecule has 112 valence electrons. The lowest BCUT2D eigenvalue weighted by Gasteiger charge is -2.20. The maximum atomic E-state index is 11.1. The van der Waals surface area contributed by atoms with E-state index in [0.717, 1.165) is 15.7 Å². The maximum Gasteiger partial charge on any atom is 0.221 e. The third kappa shape index (κ3) is 4.66. The first-order chi connectivity index (χ1) is 9.95. The molecule has 2 rings (SSSR count). The van der Waals surface area contributed by atoms with Crippen LogP contribution in [0.1, 0.15) is 43.3 Å². The van der Waals surface area contributed by atoms with Crippen molar-refractivity contribution in [3.63, 3.8) is 0 Å².